The number of hydrogen-bond acceptors (Lipinski definition) is 11. The normalized spacial score (nSPS) is 14.7. The van der Waals surface area contributed by atoms with Gasteiger partial charge in [-0.1, -0.05) is 35.6 Å². The fourth-order valence-corrected chi connectivity index (χ4v) is 8.14. The van der Waals surface area contributed by atoms with Crippen LogP contribution in [-0.2, 0) is 14.8 Å². The topological polar surface area (TPSA) is 159 Å². The van der Waals surface area contributed by atoms with Crippen LogP contribution in [0.15, 0.2) is 83.8 Å². The molecule has 1 atom stereocenters. The van der Waals surface area contributed by atoms with Gasteiger partial charge in [-0.25, -0.2) is 22.8 Å². The lowest BCUT2D eigenvalue weighted by atomic mass is 10.2. The minimum Gasteiger partial charge on any atom is -0.508 e. The first-order valence-electron chi connectivity index (χ1n) is 13.8. The summed E-state index contributed by atoms with van der Waals surface area (Å²) in [6.07, 6.45) is 0. The lowest BCUT2D eigenvalue weighted by molar-refractivity contribution is -0.130. The van der Waals surface area contributed by atoms with Crippen LogP contribution in [0, 0.1) is 5.82 Å². The molecule has 0 bridgehead atoms. The average molecular weight is 696 g/mol. The number of phenols is 1. The van der Waals surface area contributed by atoms with E-state index < -0.39 is 27.1 Å². The maximum Gasteiger partial charge on any atom is 0.273 e. The van der Waals surface area contributed by atoms with Crippen molar-refractivity contribution >= 4 is 71.7 Å². The molecule has 0 spiro atoms. The van der Waals surface area contributed by atoms with Crippen LogP contribution < -0.4 is 24.9 Å². The van der Waals surface area contributed by atoms with Crippen LogP contribution in [0.5, 0.6) is 17.2 Å². The van der Waals surface area contributed by atoms with Crippen molar-refractivity contribution < 1.29 is 37.0 Å². The van der Waals surface area contributed by atoms with E-state index in [1.165, 1.54) is 62.4 Å². The zero-order valence-electron chi connectivity index (χ0n) is 24.7. The molecule has 16 heteroatoms. The van der Waals surface area contributed by atoms with Gasteiger partial charge in [0.2, 0.25) is 0 Å². The number of anilines is 3. The number of aromatic nitrogens is 1. The van der Waals surface area contributed by atoms with E-state index in [-0.39, 0.29) is 44.4 Å². The molecule has 1 aliphatic rings. The van der Waals surface area contributed by atoms with Gasteiger partial charge in [0.25, 0.3) is 21.8 Å². The van der Waals surface area contributed by atoms with Gasteiger partial charge in [-0.3, -0.25) is 19.7 Å². The number of carbonyl (C=O) groups excluding carboxylic acids is 2. The molecule has 242 valence electrons. The monoisotopic (exact) mass is 695 g/mol. The molecule has 6 rings (SSSR count). The highest BCUT2D eigenvalue weighted by atomic mass is 32.2. The predicted molar refractivity (Wildman–Crippen MR) is 177 cm³/mol. The van der Waals surface area contributed by atoms with Crippen LogP contribution in [0.25, 0.3) is 10.2 Å². The summed E-state index contributed by atoms with van der Waals surface area (Å²) in [5.41, 5.74) is 4.05. The largest absolute Gasteiger partial charge is 0.508 e. The highest BCUT2D eigenvalue weighted by Crippen LogP contribution is 2.40. The molecule has 0 radical (unpaired) electrons. The SMILES string of the molecule is COc1ccccc1Nc1c(F)ccc2nc(NS(=O)(=O)c3ccc(OC)c(C(=O)NN4C(=O)CSC4c4ccc(O)cc4)c3)sc12. The van der Waals surface area contributed by atoms with Crippen molar-refractivity contribution in [3.63, 3.8) is 0 Å². The molecule has 1 aromatic heterocycles. The van der Waals surface area contributed by atoms with Gasteiger partial charge in [0.1, 0.15) is 28.4 Å². The van der Waals surface area contributed by atoms with Crippen LogP contribution in [0.3, 0.4) is 0 Å². The number of aromatic hydroxyl groups is 1. The summed E-state index contributed by atoms with van der Waals surface area (Å²) >= 11 is 2.20. The Labute approximate surface area is 276 Å². The number of methoxy groups -OCH3 is 2. The second kappa shape index (κ2) is 13.0. The molecule has 0 aliphatic carbocycles. The molecular formula is C31H26FN5O7S3. The number of phenolic OH excluding ortho intramolecular Hbond substituents is 1. The number of amides is 2. The van der Waals surface area contributed by atoms with Crippen molar-refractivity contribution in [2.75, 3.05) is 30.0 Å². The van der Waals surface area contributed by atoms with Gasteiger partial charge in [0.05, 0.1) is 52.0 Å². The molecule has 1 unspecified atom stereocenters. The summed E-state index contributed by atoms with van der Waals surface area (Å²) in [5, 5.41) is 13.2. The number of benzene rings is 4. The molecule has 2 heterocycles. The minimum absolute atomic E-state index is 0.0353. The van der Waals surface area contributed by atoms with Gasteiger partial charge in [-0.05, 0) is 60.2 Å². The Hall–Kier alpha value is -5.06. The van der Waals surface area contributed by atoms with Crippen LogP contribution in [0.4, 0.5) is 20.9 Å². The fourth-order valence-electron chi connectivity index (χ4n) is 4.82. The number of nitrogens with one attached hydrogen (secondary N) is 3. The molecule has 1 fully saturated rings. The lowest BCUT2D eigenvalue weighted by Crippen LogP contribution is -2.44. The summed E-state index contributed by atoms with van der Waals surface area (Å²) in [4.78, 5) is 30.2. The van der Waals surface area contributed by atoms with E-state index in [0.29, 0.717) is 27.2 Å². The number of nitrogens with zero attached hydrogens (tertiary/aromatic N) is 2. The first-order valence-corrected chi connectivity index (χ1v) is 17.2. The Bertz CT molecular complexity index is 2110. The Morgan fingerprint density at radius 1 is 1.02 bits per heavy atom. The van der Waals surface area contributed by atoms with E-state index >= 15 is 4.39 Å². The Balaban J connectivity index is 1.26. The third-order valence-corrected chi connectivity index (χ3v) is 10.8. The van der Waals surface area contributed by atoms with Crippen LogP contribution in [-0.4, -0.2) is 55.3 Å². The van der Waals surface area contributed by atoms with Crippen molar-refractivity contribution in [1.82, 2.24) is 15.4 Å². The highest BCUT2D eigenvalue weighted by Gasteiger charge is 2.35. The zero-order chi connectivity index (χ0) is 33.3. The van der Waals surface area contributed by atoms with E-state index in [2.05, 4.69) is 20.4 Å². The molecular weight excluding hydrogens is 670 g/mol. The minimum atomic E-state index is -4.31. The van der Waals surface area contributed by atoms with Gasteiger partial charge in [-0.2, -0.15) is 0 Å². The molecule has 4 aromatic carbocycles. The standard InChI is InChI=1S/C31H26FN5O7S3/c1-43-24-14-11-19(15-20(24)29(40)35-37-26(39)16-45-30(37)17-7-9-18(38)10-8-17)47(41,42)36-31-34-23-13-12-21(32)27(28(23)46-31)33-22-5-3-4-6-25(22)44-2/h3-15,30,33,38H,16H2,1-2H3,(H,34,36)(H,35,40). The molecule has 47 heavy (non-hydrogen) atoms. The second-order valence-corrected chi connectivity index (χ2v) is 13.8. The van der Waals surface area contributed by atoms with Crippen molar-refractivity contribution in [3.8, 4) is 17.2 Å². The number of halogens is 1. The number of thioether (sulfide) groups is 1. The molecule has 1 saturated heterocycles. The maximum absolute atomic E-state index is 15.0. The molecule has 1 aliphatic heterocycles. The van der Waals surface area contributed by atoms with Gasteiger partial charge < -0.3 is 19.9 Å². The van der Waals surface area contributed by atoms with Crippen molar-refractivity contribution in [2.24, 2.45) is 0 Å². The number of carbonyl (C=O) groups is 2. The number of para-hydroxylation sites is 2. The summed E-state index contributed by atoms with van der Waals surface area (Å²) in [7, 11) is -1.49. The molecule has 5 aromatic rings. The number of sulfonamides is 1. The van der Waals surface area contributed by atoms with Crippen LogP contribution >= 0.6 is 23.1 Å². The molecule has 12 nitrogen and oxygen atoms in total. The van der Waals surface area contributed by atoms with Crippen molar-refractivity contribution in [2.45, 2.75) is 10.3 Å². The lowest BCUT2D eigenvalue weighted by Gasteiger charge is -2.25. The van der Waals surface area contributed by atoms with Gasteiger partial charge in [0, 0.05) is 0 Å². The van der Waals surface area contributed by atoms with E-state index in [1.807, 2.05) is 0 Å². The summed E-state index contributed by atoms with van der Waals surface area (Å²) in [5.74, 6) is -1.00. The summed E-state index contributed by atoms with van der Waals surface area (Å²) < 4.78 is 55.5. The number of hydrogen-bond donors (Lipinski definition) is 4. The third-order valence-electron chi connectivity index (χ3n) is 7.09. The first-order chi connectivity index (χ1) is 22.6. The highest BCUT2D eigenvalue weighted by molar-refractivity contribution is 8.00. The number of fused-ring (bicyclic) bond motifs is 1. The van der Waals surface area contributed by atoms with Gasteiger partial charge in [0.15, 0.2) is 5.13 Å². The number of thiazole rings is 1. The number of hydrazine groups is 1. The van der Waals surface area contributed by atoms with Crippen LogP contribution in [0.1, 0.15) is 21.3 Å². The summed E-state index contributed by atoms with van der Waals surface area (Å²) in [6.45, 7) is 0. The molecule has 2 amide bonds. The smallest absolute Gasteiger partial charge is 0.273 e. The average Bonchev–Trinajstić information content (AvgIpc) is 3.64. The quantitative estimate of drug-likeness (QED) is 0.144. The Kier molecular flexibility index (Phi) is 8.81. The Morgan fingerprint density at radius 2 is 1.77 bits per heavy atom. The Morgan fingerprint density at radius 3 is 2.51 bits per heavy atom. The molecule has 0 saturated carbocycles. The van der Waals surface area contributed by atoms with E-state index in [4.69, 9.17) is 9.47 Å². The van der Waals surface area contributed by atoms with Crippen molar-refractivity contribution in [1.29, 1.82) is 0 Å². The number of ether oxygens (including phenoxy) is 2. The maximum atomic E-state index is 15.0. The van der Waals surface area contributed by atoms with E-state index in [9.17, 15) is 23.1 Å². The van der Waals surface area contributed by atoms with Crippen molar-refractivity contribution in [3.05, 3.63) is 95.8 Å². The van der Waals surface area contributed by atoms with Gasteiger partial charge >= 0.3 is 0 Å². The number of rotatable bonds is 10. The first kappa shape index (κ1) is 31.9. The second-order valence-electron chi connectivity index (χ2n) is 10.0. The van der Waals surface area contributed by atoms with E-state index in [0.717, 1.165) is 22.4 Å². The van der Waals surface area contributed by atoms with Gasteiger partial charge in [-0.15, -0.1) is 11.8 Å². The third kappa shape index (κ3) is 6.47. The zero-order valence-corrected chi connectivity index (χ0v) is 27.1. The molecule has 4 N–H and O–H groups in total. The van der Waals surface area contributed by atoms with Crippen LogP contribution in [0.2, 0.25) is 0 Å². The predicted octanol–water partition coefficient (Wildman–Crippen LogP) is 5.62. The fraction of sp³-hybridized carbons (Fsp3) is 0.129. The summed E-state index contributed by atoms with van der Waals surface area (Å²) in [6, 6.07) is 19.6. The van der Waals surface area contributed by atoms with E-state index in [1.54, 1.807) is 36.4 Å².